The Labute approximate surface area is 116 Å². The van der Waals surface area contributed by atoms with Gasteiger partial charge in [-0.05, 0) is 44.6 Å². The van der Waals surface area contributed by atoms with Crippen LogP contribution in [0.3, 0.4) is 0 Å². The highest BCUT2D eigenvalue weighted by Crippen LogP contribution is 2.29. The third-order valence-corrected chi connectivity index (χ3v) is 5.39. The number of halogens is 2. The van der Waals surface area contributed by atoms with Crippen molar-refractivity contribution < 1.29 is 4.52 Å². The third kappa shape index (κ3) is 2.56. The van der Waals surface area contributed by atoms with Crippen LogP contribution in [0.25, 0.3) is 0 Å². The molecule has 1 unspecified atom stereocenters. The van der Waals surface area contributed by atoms with Crippen molar-refractivity contribution in [2.24, 2.45) is 0 Å². The molecule has 1 aromatic rings. The summed E-state index contributed by atoms with van der Waals surface area (Å²) in [5, 5.41) is 4.56. The molecule has 0 aromatic carbocycles. The van der Waals surface area contributed by atoms with Crippen LogP contribution in [0.2, 0.25) is 0 Å². The largest absolute Gasteiger partial charge is 0.345 e. The standard InChI is InChI=1S/C7H9I2N2OPS/c8-7-5(3-12-13-9)10-11-1-2-14-4-6(7)11/h13H,1-4H2. The molecule has 2 rings (SSSR count). The van der Waals surface area contributed by atoms with E-state index in [-0.39, 0.29) is 0 Å². The number of thioether (sulfide) groups is 1. The number of hydrogen-bond donors (Lipinski definition) is 0. The molecule has 0 saturated heterocycles. The molecule has 0 N–H and O–H groups in total. The molecule has 0 bridgehead atoms. The quantitative estimate of drug-likeness (QED) is 0.519. The van der Waals surface area contributed by atoms with Crippen LogP contribution in [0.5, 0.6) is 0 Å². The Bertz CT molecular complexity index is 334. The van der Waals surface area contributed by atoms with Gasteiger partial charge in [0.05, 0.1) is 28.9 Å². The molecule has 1 atom stereocenters. The Morgan fingerprint density at radius 2 is 2.50 bits per heavy atom. The predicted octanol–water partition coefficient (Wildman–Crippen LogP) is 3.19. The summed E-state index contributed by atoms with van der Waals surface area (Å²) in [6, 6.07) is 0. The molecular formula is C7H9I2N2OPS. The zero-order chi connectivity index (χ0) is 9.97. The Kier molecular flexibility index (Phi) is 4.80. The van der Waals surface area contributed by atoms with Gasteiger partial charge in [-0.3, -0.25) is 4.68 Å². The fourth-order valence-corrected chi connectivity index (χ4v) is 3.94. The van der Waals surface area contributed by atoms with E-state index < -0.39 is 0 Å². The van der Waals surface area contributed by atoms with E-state index in [2.05, 4.69) is 54.4 Å². The van der Waals surface area contributed by atoms with Crippen molar-refractivity contribution in [3.8, 4) is 0 Å². The van der Waals surface area contributed by atoms with Gasteiger partial charge in [-0.25, -0.2) is 0 Å². The summed E-state index contributed by atoms with van der Waals surface area (Å²) < 4.78 is 8.83. The number of fused-ring (bicyclic) bond motifs is 1. The number of nitrogens with zero attached hydrogens (tertiary/aromatic N) is 2. The SMILES string of the molecule is IPOCc1nn2c(c1I)CSCC2. The first-order valence-electron chi connectivity index (χ1n) is 4.12. The fraction of sp³-hybridized carbons (Fsp3) is 0.571. The van der Waals surface area contributed by atoms with Gasteiger partial charge in [0, 0.05) is 11.5 Å². The predicted molar refractivity (Wildman–Crippen MR) is 78.2 cm³/mol. The summed E-state index contributed by atoms with van der Waals surface area (Å²) in [7, 11) is 0. The minimum atomic E-state index is 0.515. The van der Waals surface area contributed by atoms with Gasteiger partial charge in [-0.1, -0.05) is 0 Å². The first-order valence-corrected chi connectivity index (χ1v) is 10.4. The number of aromatic nitrogens is 2. The fourth-order valence-electron chi connectivity index (χ4n) is 1.36. The molecule has 0 saturated carbocycles. The van der Waals surface area contributed by atoms with Crippen LogP contribution in [0, 0.1) is 3.57 Å². The van der Waals surface area contributed by atoms with Crippen molar-refractivity contribution in [3.05, 3.63) is 15.0 Å². The Morgan fingerprint density at radius 3 is 3.21 bits per heavy atom. The Hall–Kier alpha value is 1.41. The topological polar surface area (TPSA) is 27.1 Å². The molecule has 1 aliphatic heterocycles. The lowest BCUT2D eigenvalue weighted by Gasteiger charge is -2.12. The summed E-state index contributed by atoms with van der Waals surface area (Å²) in [6.45, 7) is 2.22. The maximum Gasteiger partial charge on any atom is 0.102 e. The highest BCUT2D eigenvalue weighted by atomic mass is 127. The molecular weight excluding hydrogens is 445 g/mol. The van der Waals surface area contributed by atoms with Crippen LogP contribution in [0.1, 0.15) is 11.4 Å². The van der Waals surface area contributed by atoms with Crippen LogP contribution in [0.4, 0.5) is 0 Å². The van der Waals surface area contributed by atoms with Crippen LogP contribution < -0.4 is 0 Å². The van der Waals surface area contributed by atoms with E-state index in [1.807, 2.05) is 11.8 Å². The Balaban J connectivity index is 2.20. The highest BCUT2D eigenvalue weighted by molar-refractivity contribution is 14.2. The lowest BCUT2D eigenvalue weighted by atomic mass is 10.4. The van der Waals surface area contributed by atoms with Crippen molar-refractivity contribution in [2.75, 3.05) is 5.75 Å². The van der Waals surface area contributed by atoms with E-state index in [9.17, 15) is 0 Å². The maximum atomic E-state index is 5.41. The third-order valence-electron chi connectivity index (χ3n) is 2.01. The second-order valence-electron chi connectivity index (χ2n) is 2.85. The molecule has 1 aliphatic rings. The van der Waals surface area contributed by atoms with Crippen LogP contribution in [-0.2, 0) is 23.4 Å². The smallest absolute Gasteiger partial charge is 0.102 e. The Morgan fingerprint density at radius 1 is 1.64 bits per heavy atom. The van der Waals surface area contributed by atoms with E-state index in [4.69, 9.17) is 4.52 Å². The first-order chi connectivity index (χ1) is 6.83. The van der Waals surface area contributed by atoms with Crippen LogP contribution in [0.15, 0.2) is 0 Å². The van der Waals surface area contributed by atoms with E-state index in [0.717, 1.165) is 18.0 Å². The van der Waals surface area contributed by atoms with Crippen molar-refractivity contribution in [3.63, 3.8) is 0 Å². The summed E-state index contributed by atoms with van der Waals surface area (Å²) in [6.07, 6.45) is 0. The monoisotopic (exact) mass is 454 g/mol. The molecule has 0 aliphatic carbocycles. The number of rotatable bonds is 3. The van der Waals surface area contributed by atoms with Crippen molar-refractivity contribution in [2.45, 2.75) is 18.9 Å². The lowest BCUT2D eigenvalue weighted by Crippen LogP contribution is -2.11. The molecule has 0 amide bonds. The summed E-state index contributed by atoms with van der Waals surface area (Å²) in [5.41, 5.74) is 2.48. The van der Waals surface area contributed by atoms with Gasteiger partial charge in [0.2, 0.25) is 0 Å². The molecule has 0 fully saturated rings. The minimum Gasteiger partial charge on any atom is -0.345 e. The molecule has 14 heavy (non-hydrogen) atoms. The number of aryl methyl sites for hydroxylation is 1. The van der Waals surface area contributed by atoms with Crippen molar-refractivity contribution in [1.82, 2.24) is 9.78 Å². The van der Waals surface area contributed by atoms with Crippen LogP contribution in [-0.4, -0.2) is 15.5 Å². The second-order valence-corrected chi connectivity index (χ2v) is 6.80. The minimum absolute atomic E-state index is 0.515. The van der Waals surface area contributed by atoms with Gasteiger partial charge in [-0.2, -0.15) is 16.9 Å². The average Bonchev–Trinajstić information content (AvgIpc) is 2.54. The molecule has 78 valence electrons. The van der Waals surface area contributed by atoms with Gasteiger partial charge in [0.25, 0.3) is 0 Å². The summed E-state index contributed by atoms with van der Waals surface area (Å²) in [4.78, 5) is 0. The summed E-state index contributed by atoms with van der Waals surface area (Å²) in [5.74, 6) is 2.27. The normalized spacial score (nSPS) is 16.4. The van der Waals surface area contributed by atoms with E-state index >= 15 is 0 Å². The molecule has 2 heterocycles. The molecule has 0 spiro atoms. The molecule has 3 nitrogen and oxygen atoms in total. The summed E-state index contributed by atoms with van der Waals surface area (Å²) >= 11 is 6.60. The average molecular weight is 454 g/mol. The van der Waals surface area contributed by atoms with Crippen molar-refractivity contribution in [1.29, 1.82) is 0 Å². The molecule has 0 radical (unpaired) electrons. The van der Waals surface area contributed by atoms with E-state index in [1.54, 1.807) is 0 Å². The van der Waals surface area contributed by atoms with Gasteiger partial charge < -0.3 is 4.52 Å². The first kappa shape index (κ1) is 11.9. The van der Waals surface area contributed by atoms with Crippen LogP contribution >= 0.6 is 62.8 Å². The van der Waals surface area contributed by atoms with Gasteiger partial charge >= 0.3 is 0 Å². The van der Waals surface area contributed by atoms with Crippen molar-refractivity contribution >= 4 is 62.8 Å². The molecule has 1 aromatic heterocycles. The maximum absolute atomic E-state index is 5.41. The van der Waals surface area contributed by atoms with Gasteiger partial charge in [-0.15, -0.1) is 0 Å². The van der Waals surface area contributed by atoms with E-state index in [0.29, 0.717) is 13.1 Å². The lowest BCUT2D eigenvalue weighted by molar-refractivity contribution is 0.351. The van der Waals surface area contributed by atoms with E-state index in [1.165, 1.54) is 15.0 Å². The zero-order valence-electron chi connectivity index (χ0n) is 7.30. The number of hydrogen-bond acceptors (Lipinski definition) is 3. The molecule has 7 heteroatoms. The second kappa shape index (κ2) is 5.65. The van der Waals surface area contributed by atoms with Gasteiger partial charge in [0.15, 0.2) is 0 Å². The zero-order valence-corrected chi connectivity index (χ0v) is 13.4. The van der Waals surface area contributed by atoms with Gasteiger partial charge in [0.1, 0.15) is 5.69 Å². The highest BCUT2D eigenvalue weighted by Gasteiger charge is 2.18.